The molecule has 2 rings (SSSR count). The maximum absolute atomic E-state index is 6.00. The van der Waals surface area contributed by atoms with E-state index in [9.17, 15) is 0 Å². The molecule has 21 heavy (non-hydrogen) atoms. The molecule has 0 saturated carbocycles. The molecule has 0 spiro atoms. The van der Waals surface area contributed by atoms with Crippen LogP contribution in [0, 0.1) is 0 Å². The Morgan fingerprint density at radius 1 is 0.619 bits per heavy atom. The second-order valence-corrected chi connectivity index (χ2v) is 4.07. The van der Waals surface area contributed by atoms with E-state index in [4.69, 9.17) is 21.0 Å². The zero-order chi connectivity index (χ0) is 16.3. The lowest BCUT2D eigenvalue weighted by molar-refractivity contribution is -0.176. The van der Waals surface area contributed by atoms with Gasteiger partial charge in [0.2, 0.25) is 0 Å². The molecule has 0 aliphatic carbocycles. The van der Waals surface area contributed by atoms with Gasteiger partial charge >= 0.3 is 0 Å². The van der Waals surface area contributed by atoms with Crippen LogP contribution in [0.2, 0.25) is 0 Å². The van der Waals surface area contributed by atoms with Crippen molar-refractivity contribution in [2.75, 3.05) is 0 Å². The fraction of sp³-hybridized carbons (Fsp3) is 0.294. The first-order chi connectivity index (χ1) is 10.4. The molecule has 0 amide bonds. The molecule has 0 fully saturated rings. The molecule has 0 saturated heterocycles. The van der Waals surface area contributed by atoms with E-state index in [0.717, 1.165) is 6.42 Å². The van der Waals surface area contributed by atoms with Gasteiger partial charge in [-0.15, -0.1) is 0 Å². The fourth-order valence-corrected chi connectivity index (χ4v) is 1.65. The van der Waals surface area contributed by atoms with Crippen molar-refractivity contribution in [1.29, 1.82) is 0 Å². The summed E-state index contributed by atoms with van der Waals surface area (Å²) in [6.45, 7) is 4.36. The maximum Gasteiger partial charge on any atom is -0.0281 e. The SMILES string of the molecule is CCCc1ccccc1.CCc1ccccc1.OO.OO. The van der Waals surface area contributed by atoms with Crippen molar-refractivity contribution >= 4 is 0 Å². The Kier molecular flexibility index (Phi) is 18.8. The van der Waals surface area contributed by atoms with Crippen LogP contribution < -0.4 is 0 Å². The third-order valence-electron chi connectivity index (χ3n) is 2.63. The highest BCUT2D eigenvalue weighted by Crippen LogP contribution is 2.00. The van der Waals surface area contributed by atoms with Gasteiger partial charge in [-0.1, -0.05) is 80.9 Å². The average molecular weight is 294 g/mol. The molecular formula is C17H26O4. The molecule has 118 valence electrons. The Bertz CT molecular complexity index is 390. The summed E-state index contributed by atoms with van der Waals surface area (Å²) in [4.78, 5) is 0. The molecule has 0 aromatic heterocycles. The molecule has 0 aliphatic rings. The lowest BCUT2D eigenvalue weighted by Crippen LogP contribution is -1.78. The predicted octanol–water partition coefficient (Wildman–Crippen LogP) is 4.92. The van der Waals surface area contributed by atoms with Gasteiger partial charge in [-0.2, -0.15) is 0 Å². The van der Waals surface area contributed by atoms with Crippen LogP contribution >= 0.6 is 0 Å². The molecule has 4 N–H and O–H groups in total. The van der Waals surface area contributed by atoms with Crippen LogP contribution in [-0.4, -0.2) is 21.0 Å². The highest BCUT2D eigenvalue weighted by Gasteiger charge is 1.84. The summed E-state index contributed by atoms with van der Waals surface area (Å²) in [5, 5.41) is 24.0. The van der Waals surface area contributed by atoms with Gasteiger partial charge in [0.1, 0.15) is 0 Å². The summed E-state index contributed by atoms with van der Waals surface area (Å²) in [7, 11) is 0. The van der Waals surface area contributed by atoms with E-state index in [1.54, 1.807) is 0 Å². The van der Waals surface area contributed by atoms with E-state index in [1.807, 2.05) is 6.07 Å². The van der Waals surface area contributed by atoms with Crippen LogP contribution in [0.4, 0.5) is 0 Å². The summed E-state index contributed by atoms with van der Waals surface area (Å²) >= 11 is 0. The Morgan fingerprint density at radius 2 is 1.00 bits per heavy atom. The molecule has 2 aromatic carbocycles. The van der Waals surface area contributed by atoms with Gasteiger partial charge in [0.15, 0.2) is 0 Å². The lowest BCUT2D eigenvalue weighted by atomic mass is 10.1. The van der Waals surface area contributed by atoms with Gasteiger partial charge in [-0.05, 0) is 24.0 Å². The van der Waals surface area contributed by atoms with E-state index < -0.39 is 0 Å². The Hall–Kier alpha value is -1.72. The minimum absolute atomic E-state index is 1.14. The largest absolute Gasteiger partial charge is 0.255 e. The summed E-state index contributed by atoms with van der Waals surface area (Å²) in [5.41, 5.74) is 2.85. The van der Waals surface area contributed by atoms with Crippen LogP contribution in [0.5, 0.6) is 0 Å². The van der Waals surface area contributed by atoms with Crippen LogP contribution in [0.25, 0.3) is 0 Å². The first-order valence-electron chi connectivity index (χ1n) is 6.84. The van der Waals surface area contributed by atoms with Gasteiger partial charge in [-0.25, -0.2) is 0 Å². The molecule has 0 heterocycles. The lowest BCUT2D eigenvalue weighted by Gasteiger charge is -1.93. The second-order valence-electron chi connectivity index (χ2n) is 4.07. The third-order valence-corrected chi connectivity index (χ3v) is 2.63. The molecule has 0 radical (unpaired) electrons. The van der Waals surface area contributed by atoms with Crippen LogP contribution in [0.15, 0.2) is 60.7 Å². The van der Waals surface area contributed by atoms with Crippen LogP contribution in [0.1, 0.15) is 31.4 Å². The number of benzene rings is 2. The van der Waals surface area contributed by atoms with Crippen LogP contribution in [-0.2, 0) is 12.8 Å². The summed E-state index contributed by atoms with van der Waals surface area (Å²) in [5.74, 6) is 0. The van der Waals surface area contributed by atoms with Gasteiger partial charge in [0, 0.05) is 0 Å². The van der Waals surface area contributed by atoms with E-state index in [1.165, 1.54) is 24.0 Å². The van der Waals surface area contributed by atoms with Crippen molar-refractivity contribution < 1.29 is 21.0 Å². The van der Waals surface area contributed by atoms with Gasteiger partial charge in [0.05, 0.1) is 0 Å². The summed E-state index contributed by atoms with van der Waals surface area (Å²) < 4.78 is 0. The first-order valence-corrected chi connectivity index (χ1v) is 6.84. The minimum Gasteiger partial charge on any atom is -0.255 e. The van der Waals surface area contributed by atoms with Crippen molar-refractivity contribution in [3.05, 3.63) is 71.8 Å². The first kappa shape index (κ1) is 21.6. The number of aryl methyl sites for hydroxylation is 2. The smallest absolute Gasteiger partial charge is 0.0281 e. The Balaban J connectivity index is 0. The maximum atomic E-state index is 6.00. The molecule has 4 heteroatoms. The molecule has 0 bridgehead atoms. The number of hydrogen-bond acceptors (Lipinski definition) is 4. The quantitative estimate of drug-likeness (QED) is 0.478. The predicted molar refractivity (Wildman–Crippen MR) is 86.8 cm³/mol. The zero-order valence-electron chi connectivity index (χ0n) is 12.7. The average Bonchev–Trinajstić information content (AvgIpc) is 2.61. The van der Waals surface area contributed by atoms with Crippen molar-refractivity contribution in [3.8, 4) is 0 Å². The molecule has 0 unspecified atom stereocenters. The fourth-order valence-electron chi connectivity index (χ4n) is 1.65. The molecule has 0 atom stereocenters. The molecule has 0 aliphatic heterocycles. The number of rotatable bonds is 3. The van der Waals surface area contributed by atoms with Crippen LogP contribution in [0.3, 0.4) is 0 Å². The summed E-state index contributed by atoms with van der Waals surface area (Å²) in [6.07, 6.45) is 3.59. The van der Waals surface area contributed by atoms with E-state index in [-0.39, 0.29) is 0 Å². The van der Waals surface area contributed by atoms with Crippen molar-refractivity contribution in [2.24, 2.45) is 0 Å². The third kappa shape index (κ3) is 13.0. The minimum atomic E-state index is 1.14. The molecular weight excluding hydrogens is 268 g/mol. The van der Waals surface area contributed by atoms with Crippen molar-refractivity contribution in [3.63, 3.8) is 0 Å². The molecule has 4 nitrogen and oxygen atoms in total. The highest BCUT2D eigenvalue weighted by atomic mass is 17.0. The van der Waals surface area contributed by atoms with Crippen molar-refractivity contribution in [1.82, 2.24) is 0 Å². The van der Waals surface area contributed by atoms with E-state index >= 15 is 0 Å². The Labute approximate surface area is 126 Å². The van der Waals surface area contributed by atoms with E-state index in [0.29, 0.717) is 0 Å². The topological polar surface area (TPSA) is 80.9 Å². The van der Waals surface area contributed by atoms with Gasteiger partial charge < -0.3 is 0 Å². The Morgan fingerprint density at radius 3 is 1.29 bits per heavy atom. The summed E-state index contributed by atoms with van der Waals surface area (Å²) in [6, 6.07) is 21.0. The standard InChI is InChI=1S/C9H12.C8H10.2H2O2/c1-2-6-9-7-4-3-5-8-9;1-2-8-6-4-3-5-7-8;2*1-2/h3-5,7-8H,2,6H2,1H3;3-7H,2H2,1H3;2*1-2H. The highest BCUT2D eigenvalue weighted by molar-refractivity contribution is 5.14. The van der Waals surface area contributed by atoms with Gasteiger partial charge in [0.25, 0.3) is 0 Å². The zero-order valence-corrected chi connectivity index (χ0v) is 12.7. The van der Waals surface area contributed by atoms with E-state index in [2.05, 4.69) is 68.4 Å². The monoisotopic (exact) mass is 294 g/mol. The molecule has 2 aromatic rings. The number of hydrogen-bond donors (Lipinski definition) is 4. The van der Waals surface area contributed by atoms with Crippen molar-refractivity contribution in [2.45, 2.75) is 33.1 Å². The normalized spacial score (nSPS) is 8.10. The van der Waals surface area contributed by atoms with Gasteiger partial charge in [-0.3, -0.25) is 21.0 Å². The second kappa shape index (κ2) is 18.3.